The monoisotopic (exact) mass is 195 g/mol. The van der Waals surface area contributed by atoms with Gasteiger partial charge >= 0.3 is 0 Å². The van der Waals surface area contributed by atoms with Gasteiger partial charge in [-0.3, -0.25) is 0 Å². The molecule has 3 heteroatoms. The van der Waals surface area contributed by atoms with Crippen LogP contribution >= 0.6 is 0 Å². The fourth-order valence-corrected chi connectivity index (χ4v) is 1.87. The minimum absolute atomic E-state index is 0.256. The number of para-hydroxylation sites is 1. The van der Waals surface area contributed by atoms with Gasteiger partial charge in [0.15, 0.2) is 11.6 Å². The summed E-state index contributed by atoms with van der Waals surface area (Å²) >= 11 is 0. The van der Waals surface area contributed by atoms with Crippen LogP contribution < -0.4 is 10.5 Å². The summed E-state index contributed by atoms with van der Waals surface area (Å²) < 4.78 is 18.6. The fraction of sp³-hybridized carbons (Fsp3) is 0.455. The molecule has 0 saturated heterocycles. The lowest BCUT2D eigenvalue weighted by Gasteiger charge is -2.25. The fourth-order valence-electron chi connectivity index (χ4n) is 1.87. The summed E-state index contributed by atoms with van der Waals surface area (Å²) in [7, 11) is 0. The second-order valence-electron chi connectivity index (χ2n) is 3.69. The predicted octanol–water partition coefficient (Wildman–Crippen LogP) is 1.73. The zero-order valence-corrected chi connectivity index (χ0v) is 8.00. The lowest BCUT2D eigenvalue weighted by atomic mass is 9.94. The van der Waals surface area contributed by atoms with Gasteiger partial charge in [0.1, 0.15) is 0 Å². The molecule has 0 spiro atoms. The van der Waals surface area contributed by atoms with Gasteiger partial charge in [-0.05, 0) is 36.9 Å². The Hall–Kier alpha value is -1.09. The van der Waals surface area contributed by atoms with Crippen molar-refractivity contribution < 1.29 is 9.13 Å². The van der Waals surface area contributed by atoms with Gasteiger partial charge in [-0.1, -0.05) is 12.1 Å². The summed E-state index contributed by atoms with van der Waals surface area (Å²) in [4.78, 5) is 0. The molecule has 0 fully saturated rings. The highest BCUT2D eigenvalue weighted by Gasteiger charge is 2.21. The molecule has 0 bridgehead atoms. The molecular weight excluding hydrogens is 181 g/mol. The summed E-state index contributed by atoms with van der Waals surface area (Å²) in [6.07, 6.45) is 1.82. The van der Waals surface area contributed by atoms with E-state index in [1.165, 1.54) is 6.07 Å². The molecule has 1 heterocycles. The van der Waals surface area contributed by atoms with Crippen LogP contribution in [-0.4, -0.2) is 13.2 Å². The van der Waals surface area contributed by atoms with Crippen molar-refractivity contribution in [3.8, 4) is 5.75 Å². The second-order valence-corrected chi connectivity index (χ2v) is 3.69. The number of fused-ring (bicyclic) bond motifs is 1. The molecule has 0 amide bonds. The minimum Gasteiger partial charge on any atom is -0.490 e. The van der Waals surface area contributed by atoms with Crippen LogP contribution in [0.15, 0.2) is 18.2 Å². The Labute approximate surface area is 82.9 Å². The third-order valence-electron chi connectivity index (χ3n) is 2.60. The van der Waals surface area contributed by atoms with Crippen LogP contribution in [0, 0.1) is 11.7 Å². The molecule has 76 valence electrons. The largest absolute Gasteiger partial charge is 0.490 e. The number of halogens is 1. The quantitative estimate of drug-likeness (QED) is 0.780. The Morgan fingerprint density at radius 1 is 1.50 bits per heavy atom. The van der Waals surface area contributed by atoms with E-state index in [4.69, 9.17) is 10.5 Å². The van der Waals surface area contributed by atoms with E-state index >= 15 is 0 Å². The highest BCUT2D eigenvalue weighted by atomic mass is 19.1. The molecule has 1 aromatic carbocycles. The van der Waals surface area contributed by atoms with E-state index in [0.717, 1.165) is 18.4 Å². The van der Waals surface area contributed by atoms with Gasteiger partial charge in [0.05, 0.1) is 6.61 Å². The minimum atomic E-state index is -0.256. The van der Waals surface area contributed by atoms with Gasteiger partial charge in [-0.25, -0.2) is 4.39 Å². The average Bonchev–Trinajstić information content (AvgIpc) is 2.18. The zero-order chi connectivity index (χ0) is 9.97. The number of hydrogen-bond donors (Lipinski definition) is 1. The summed E-state index contributed by atoms with van der Waals surface area (Å²) in [5, 5.41) is 0. The van der Waals surface area contributed by atoms with Crippen LogP contribution in [-0.2, 0) is 6.42 Å². The van der Waals surface area contributed by atoms with Gasteiger partial charge in [-0.2, -0.15) is 0 Å². The van der Waals surface area contributed by atoms with Crippen molar-refractivity contribution >= 4 is 0 Å². The first kappa shape index (κ1) is 9.46. The van der Waals surface area contributed by atoms with Crippen molar-refractivity contribution in [2.75, 3.05) is 13.2 Å². The first-order chi connectivity index (χ1) is 6.81. The van der Waals surface area contributed by atoms with Gasteiger partial charge in [-0.15, -0.1) is 0 Å². The maximum Gasteiger partial charge on any atom is 0.165 e. The average molecular weight is 195 g/mol. The maximum absolute atomic E-state index is 13.2. The number of nitrogens with two attached hydrogens (primary N) is 1. The van der Waals surface area contributed by atoms with Crippen LogP contribution in [0.2, 0.25) is 0 Å². The standard InChI is InChI=1S/C11H14FNO/c12-10-3-1-2-9-6-8(4-5-13)7-14-11(9)10/h1-3,8H,4-7,13H2. The molecule has 1 atom stereocenters. The van der Waals surface area contributed by atoms with E-state index in [2.05, 4.69) is 0 Å². The Morgan fingerprint density at radius 3 is 3.14 bits per heavy atom. The van der Waals surface area contributed by atoms with E-state index in [1.807, 2.05) is 6.07 Å². The normalized spacial score (nSPS) is 20.0. The van der Waals surface area contributed by atoms with Crippen LogP contribution in [0.1, 0.15) is 12.0 Å². The van der Waals surface area contributed by atoms with Crippen molar-refractivity contribution in [3.63, 3.8) is 0 Å². The Balaban J connectivity index is 2.18. The molecule has 0 aromatic heterocycles. The Bertz CT molecular complexity index is 327. The number of benzene rings is 1. The topological polar surface area (TPSA) is 35.2 Å². The molecule has 2 rings (SSSR count). The number of hydrogen-bond acceptors (Lipinski definition) is 2. The molecule has 14 heavy (non-hydrogen) atoms. The molecule has 0 radical (unpaired) electrons. The molecule has 2 N–H and O–H groups in total. The van der Waals surface area contributed by atoms with Gasteiger partial charge < -0.3 is 10.5 Å². The Morgan fingerprint density at radius 2 is 2.36 bits per heavy atom. The summed E-state index contributed by atoms with van der Waals surface area (Å²) in [6.45, 7) is 1.25. The van der Waals surface area contributed by atoms with Crippen molar-refractivity contribution in [1.82, 2.24) is 0 Å². The van der Waals surface area contributed by atoms with Crippen LogP contribution in [0.4, 0.5) is 4.39 Å². The molecule has 2 nitrogen and oxygen atoms in total. The lowest BCUT2D eigenvalue weighted by molar-refractivity contribution is 0.206. The summed E-state index contributed by atoms with van der Waals surface area (Å²) in [5.41, 5.74) is 6.45. The first-order valence-corrected chi connectivity index (χ1v) is 4.91. The molecule has 0 saturated carbocycles. The van der Waals surface area contributed by atoms with E-state index in [9.17, 15) is 4.39 Å². The third kappa shape index (κ3) is 1.73. The number of ether oxygens (including phenoxy) is 1. The second kappa shape index (κ2) is 3.96. The van der Waals surface area contributed by atoms with Crippen LogP contribution in [0.25, 0.3) is 0 Å². The molecule has 1 aliphatic heterocycles. The van der Waals surface area contributed by atoms with Crippen molar-refractivity contribution in [1.29, 1.82) is 0 Å². The highest BCUT2D eigenvalue weighted by Crippen LogP contribution is 2.30. The molecule has 0 aliphatic carbocycles. The van der Waals surface area contributed by atoms with Gasteiger partial charge in [0, 0.05) is 0 Å². The highest BCUT2D eigenvalue weighted by molar-refractivity contribution is 5.36. The van der Waals surface area contributed by atoms with Crippen molar-refractivity contribution in [2.45, 2.75) is 12.8 Å². The lowest BCUT2D eigenvalue weighted by Crippen LogP contribution is -2.23. The number of rotatable bonds is 2. The molecule has 1 unspecified atom stereocenters. The molecular formula is C11H14FNO. The van der Waals surface area contributed by atoms with E-state index in [1.54, 1.807) is 6.07 Å². The Kier molecular flexibility index (Phi) is 2.68. The molecule has 1 aliphatic rings. The van der Waals surface area contributed by atoms with E-state index < -0.39 is 0 Å². The van der Waals surface area contributed by atoms with Crippen molar-refractivity contribution in [3.05, 3.63) is 29.6 Å². The summed E-state index contributed by atoms with van der Waals surface area (Å²) in [5.74, 6) is 0.615. The zero-order valence-electron chi connectivity index (χ0n) is 8.00. The van der Waals surface area contributed by atoms with E-state index in [-0.39, 0.29) is 5.82 Å². The molecule has 1 aromatic rings. The maximum atomic E-state index is 13.2. The SMILES string of the molecule is NCCC1COc2c(F)cccc2C1. The van der Waals surface area contributed by atoms with Gasteiger partial charge in [0.25, 0.3) is 0 Å². The van der Waals surface area contributed by atoms with Gasteiger partial charge in [0.2, 0.25) is 0 Å². The van der Waals surface area contributed by atoms with Crippen LogP contribution in [0.3, 0.4) is 0 Å². The smallest absolute Gasteiger partial charge is 0.165 e. The van der Waals surface area contributed by atoms with E-state index in [0.29, 0.717) is 24.8 Å². The first-order valence-electron chi connectivity index (χ1n) is 4.91. The third-order valence-corrected chi connectivity index (χ3v) is 2.60. The van der Waals surface area contributed by atoms with Crippen molar-refractivity contribution in [2.24, 2.45) is 11.7 Å². The predicted molar refractivity (Wildman–Crippen MR) is 52.8 cm³/mol. The van der Waals surface area contributed by atoms with Crippen LogP contribution in [0.5, 0.6) is 5.75 Å². The summed E-state index contributed by atoms with van der Waals surface area (Å²) in [6, 6.07) is 5.07.